The highest BCUT2D eigenvalue weighted by atomic mass is 79.9. The Kier molecular flexibility index (Phi) is 6.51. The first-order valence-corrected chi connectivity index (χ1v) is 11.5. The summed E-state index contributed by atoms with van der Waals surface area (Å²) in [7, 11) is 0. The van der Waals surface area contributed by atoms with Crippen LogP contribution in [0.15, 0.2) is 63.2 Å². The van der Waals surface area contributed by atoms with Gasteiger partial charge in [-0.3, -0.25) is 14.6 Å². The third-order valence-electron chi connectivity index (χ3n) is 5.90. The third-order valence-corrected chi connectivity index (χ3v) is 6.76. The SMILES string of the molecule is CC1=NC2=C(C(=O)CCC2)[C@H](c2ccc(Br)cc2)C1C(=O)Nc1cc(C(F)(F)F)ccc1Cl. The Bertz CT molecular complexity index is 1190. The quantitative estimate of drug-likeness (QED) is 0.459. The van der Waals surface area contributed by atoms with E-state index in [1.807, 2.05) is 24.3 Å². The van der Waals surface area contributed by atoms with Crippen LogP contribution in [-0.4, -0.2) is 17.4 Å². The van der Waals surface area contributed by atoms with Crippen molar-refractivity contribution in [2.75, 3.05) is 5.32 Å². The normalized spacial score (nSPS) is 20.9. The summed E-state index contributed by atoms with van der Waals surface area (Å²) in [6, 6.07) is 10.1. The van der Waals surface area contributed by atoms with Gasteiger partial charge in [-0.05, 0) is 55.7 Å². The van der Waals surface area contributed by atoms with Crippen molar-refractivity contribution in [3.8, 4) is 0 Å². The molecule has 1 N–H and O–H groups in total. The third kappa shape index (κ3) is 4.77. The van der Waals surface area contributed by atoms with E-state index in [1.165, 1.54) is 0 Å². The molecule has 2 aliphatic rings. The van der Waals surface area contributed by atoms with Crippen molar-refractivity contribution >= 4 is 50.6 Å². The predicted molar refractivity (Wildman–Crippen MR) is 124 cm³/mol. The fraction of sp³-hybridized carbons (Fsp3) is 0.292. The summed E-state index contributed by atoms with van der Waals surface area (Å²) in [6.07, 6.45) is -2.88. The van der Waals surface area contributed by atoms with Crippen LogP contribution in [0.5, 0.6) is 0 Å². The Hall–Kier alpha value is -2.45. The minimum Gasteiger partial charge on any atom is -0.324 e. The van der Waals surface area contributed by atoms with Crippen molar-refractivity contribution in [1.29, 1.82) is 0 Å². The number of carbonyl (C=O) groups is 2. The Morgan fingerprint density at radius 2 is 1.85 bits per heavy atom. The molecule has 0 saturated heterocycles. The number of nitrogens with zero attached hydrogens (tertiary/aromatic N) is 1. The van der Waals surface area contributed by atoms with Crippen LogP contribution in [0, 0.1) is 5.92 Å². The molecule has 9 heteroatoms. The Labute approximate surface area is 202 Å². The fourth-order valence-corrected chi connectivity index (χ4v) is 4.81. The topological polar surface area (TPSA) is 58.5 Å². The van der Waals surface area contributed by atoms with Gasteiger partial charge in [-0.15, -0.1) is 0 Å². The van der Waals surface area contributed by atoms with E-state index in [2.05, 4.69) is 26.2 Å². The first-order valence-electron chi connectivity index (χ1n) is 10.3. The monoisotopic (exact) mass is 538 g/mol. The lowest BCUT2D eigenvalue weighted by Gasteiger charge is -2.35. The van der Waals surface area contributed by atoms with Crippen molar-refractivity contribution in [2.45, 2.75) is 38.3 Å². The molecule has 1 amide bonds. The fourth-order valence-electron chi connectivity index (χ4n) is 4.38. The summed E-state index contributed by atoms with van der Waals surface area (Å²) in [5.41, 5.74) is 1.37. The van der Waals surface area contributed by atoms with Gasteiger partial charge in [-0.25, -0.2) is 0 Å². The highest BCUT2D eigenvalue weighted by Gasteiger charge is 2.42. The molecule has 0 bridgehead atoms. The maximum absolute atomic E-state index is 13.4. The molecule has 0 aromatic heterocycles. The van der Waals surface area contributed by atoms with Crippen molar-refractivity contribution in [2.24, 2.45) is 10.9 Å². The summed E-state index contributed by atoms with van der Waals surface area (Å²) in [5, 5.41) is 2.53. The van der Waals surface area contributed by atoms with E-state index >= 15 is 0 Å². The number of rotatable bonds is 3. The Balaban J connectivity index is 1.76. The first kappa shape index (κ1) is 23.7. The van der Waals surface area contributed by atoms with Crippen LogP contribution in [0.25, 0.3) is 0 Å². The second kappa shape index (κ2) is 9.06. The number of hydrogen-bond donors (Lipinski definition) is 1. The van der Waals surface area contributed by atoms with Crippen LogP contribution in [-0.2, 0) is 15.8 Å². The second-order valence-electron chi connectivity index (χ2n) is 8.08. The lowest BCUT2D eigenvalue weighted by molar-refractivity contribution is -0.137. The van der Waals surface area contributed by atoms with Gasteiger partial charge in [0, 0.05) is 33.8 Å². The summed E-state index contributed by atoms with van der Waals surface area (Å²) in [4.78, 5) is 30.9. The molecule has 1 aliphatic carbocycles. The van der Waals surface area contributed by atoms with Crippen LogP contribution < -0.4 is 5.32 Å². The Morgan fingerprint density at radius 3 is 2.52 bits per heavy atom. The van der Waals surface area contributed by atoms with Crippen LogP contribution in [0.2, 0.25) is 5.02 Å². The summed E-state index contributed by atoms with van der Waals surface area (Å²) < 4.78 is 40.4. The average molecular weight is 540 g/mol. The zero-order valence-corrected chi connectivity index (χ0v) is 19.8. The van der Waals surface area contributed by atoms with Crippen LogP contribution >= 0.6 is 27.5 Å². The van der Waals surface area contributed by atoms with Crippen molar-refractivity contribution in [3.05, 3.63) is 74.4 Å². The molecule has 4 nitrogen and oxygen atoms in total. The molecular formula is C24H19BrClF3N2O2. The minimum absolute atomic E-state index is 0.0180. The molecule has 1 unspecified atom stereocenters. The van der Waals surface area contributed by atoms with E-state index in [9.17, 15) is 22.8 Å². The number of anilines is 1. The van der Waals surface area contributed by atoms with Gasteiger partial charge in [0.2, 0.25) is 5.91 Å². The van der Waals surface area contributed by atoms with Gasteiger partial charge >= 0.3 is 6.18 Å². The largest absolute Gasteiger partial charge is 0.416 e. The molecule has 172 valence electrons. The van der Waals surface area contributed by atoms with E-state index in [0.717, 1.165) is 28.2 Å². The number of carbonyl (C=O) groups excluding carboxylic acids is 2. The van der Waals surface area contributed by atoms with Crippen molar-refractivity contribution in [3.63, 3.8) is 0 Å². The number of amides is 1. The van der Waals surface area contributed by atoms with Crippen molar-refractivity contribution in [1.82, 2.24) is 0 Å². The number of ketones is 1. The summed E-state index contributed by atoms with van der Waals surface area (Å²) in [6.45, 7) is 1.70. The van der Waals surface area contributed by atoms with E-state index in [-0.39, 0.29) is 16.5 Å². The maximum Gasteiger partial charge on any atom is 0.416 e. The van der Waals surface area contributed by atoms with Gasteiger partial charge in [-0.2, -0.15) is 13.2 Å². The maximum atomic E-state index is 13.4. The lowest BCUT2D eigenvalue weighted by atomic mass is 9.71. The lowest BCUT2D eigenvalue weighted by Crippen LogP contribution is -2.39. The van der Waals surface area contributed by atoms with Crippen molar-refractivity contribution < 1.29 is 22.8 Å². The summed E-state index contributed by atoms with van der Waals surface area (Å²) >= 11 is 9.48. The molecule has 2 aromatic carbocycles. The predicted octanol–water partition coefficient (Wildman–Crippen LogP) is 6.94. The molecule has 2 atom stereocenters. The van der Waals surface area contributed by atoms with Crippen LogP contribution in [0.1, 0.15) is 43.2 Å². The van der Waals surface area contributed by atoms with E-state index in [0.29, 0.717) is 36.2 Å². The van der Waals surface area contributed by atoms with Crippen LogP contribution in [0.4, 0.5) is 18.9 Å². The Morgan fingerprint density at radius 1 is 1.15 bits per heavy atom. The van der Waals surface area contributed by atoms with E-state index in [4.69, 9.17) is 11.6 Å². The van der Waals surface area contributed by atoms with E-state index in [1.54, 1.807) is 6.92 Å². The molecule has 1 aliphatic heterocycles. The second-order valence-corrected chi connectivity index (χ2v) is 9.40. The molecular weight excluding hydrogens is 521 g/mol. The molecule has 0 saturated carbocycles. The molecule has 1 heterocycles. The number of alkyl halides is 3. The zero-order valence-electron chi connectivity index (χ0n) is 17.5. The van der Waals surface area contributed by atoms with Gasteiger partial charge < -0.3 is 5.32 Å². The van der Waals surface area contributed by atoms with E-state index < -0.39 is 29.5 Å². The number of halogens is 5. The standard InChI is InChI=1S/C24H19BrClF3N2O2/c1-12-20(23(33)31-18-11-14(24(27,28)29)7-10-16(18)26)21(13-5-8-15(25)9-6-13)22-17(30-12)3-2-4-19(22)32/h5-11,20-21H,2-4H2,1H3,(H,31,33)/t20?,21-/m1/s1. The highest BCUT2D eigenvalue weighted by Crippen LogP contribution is 2.44. The number of allylic oxidation sites excluding steroid dienone is 2. The molecule has 2 aromatic rings. The first-order chi connectivity index (χ1) is 15.6. The highest BCUT2D eigenvalue weighted by molar-refractivity contribution is 9.10. The average Bonchev–Trinajstić information content (AvgIpc) is 2.74. The number of hydrogen-bond acceptors (Lipinski definition) is 3. The summed E-state index contributed by atoms with van der Waals surface area (Å²) in [5.74, 6) is -2.11. The molecule has 0 fully saturated rings. The molecule has 0 spiro atoms. The number of benzene rings is 2. The number of nitrogens with one attached hydrogen (secondary N) is 1. The van der Waals surface area contributed by atoms with Gasteiger partial charge in [0.05, 0.1) is 22.2 Å². The van der Waals surface area contributed by atoms with Gasteiger partial charge in [0.1, 0.15) is 0 Å². The minimum atomic E-state index is -4.58. The number of Topliss-reactive ketones (excluding diaryl/α,β-unsaturated/α-hetero) is 1. The smallest absolute Gasteiger partial charge is 0.324 e. The van der Waals surface area contributed by atoms with Gasteiger partial charge in [-0.1, -0.05) is 39.7 Å². The number of aliphatic imine (C=N–C) groups is 1. The zero-order chi connectivity index (χ0) is 23.9. The van der Waals surface area contributed by atoms with Gasteiger partial charge in [0.15, 0.2) is 5.78 Å². The van der Waals surface area contributed by atoms with Crippen LogP contribution in [0.3, 0.4) is 0 Å². The molecule has 4 rings (SSSR count). The van der Waals surface area contributed by atoms with Gasteiger partial charge in [0.25, 0.3) is 0 Å². The molecule has 33 heavy (non-hydrogen) atoms. The molecule has 0 radical (unpaired) electrons.